The SMILES string of the molecule is CCN(CC)C(C(=O)Nc1cccc(C)c1C)c1ccccc1. The van der Waals surface area contributed by atoms with Crippen molar-refractivity contribution in [1.82, 2.24) is 4.90 Å². The summed E-state index contributed by atoms with van der Waals surface area (Å²) < 4.78 is 0. The van der Waals surface area contributed by atoms with Crippen LogP contribution in [-0.4, -0.2) is 23.9 Å². The number of amides is 1. The second-order valence-electron chi connectivity index (χ2n) is 5.77. The molecule has 2 aromatic carbocycles. The Balaban J connectivity index is 2.32. The van der Waals surface area contributed by atoms with Gasteiger partial charge in [0.25, 0.3) is 0 Å². The number of carbonyl (C=O) groups is 1. The number of hydrogen-bond acceptors (Lipinski definition) is 2. The first-order valence-electron chi connectivity index (χ1n) is 8.24. The Bertz CT molecular complexity index is 648. The Morgan fingerprint density at radius 1 is 1.00 bits per heavy atom. The van der Waals surface area contributed by atoms with Gasteiger partial charge in [0.2, 0.25) is 5.91 Å². The fourth-order valence-corrected chi connectivity index (χ4v) is 2.84. The molecular weight excluding hydrogens is 284 g/mol. The number of nitrogens with one attached hydrogen (secondary N) is 1. The van der Waals surface area contributed by atoms with E-state index >= 15 is 0 Å². The van der Waals surface area contributed by atoms with Crippen molar-refractivity contribution in [3.63, 3.8) is 0 Å². The van der Waals surface area contributed by atoms with Crippen LogP contribution in [0.25, 0.3) is 0 Å². The minimum Gasteiger partial charge on any atom is -0.324 e. The van der Waals surface area contributed by atoms with E-state index in [1.165, 1.54) is 5.56 Å². The van der Waals surface area contributed by atoms with Crippen molar-refractivity contribution in [2.45, 2.75) is 33.7 Å². The molecule has 0 saturated heterocycles. The first kappa shape index (κ1) is 17.2. The first-order valence-corrected chi connectivity index (χ1v) is 8.24. The van der Waals surface area contributed by atoms with Gasteiger partial charge in [-0.25, -0.2) is 0 Å². The summed E-state index contributed by atoms with van der Waals surface area (Å²) in [7, 11) is 0. The Labute approximate surface area is 139 Å². The second kappa shape index (κ2) is 7.93. The van der Waals surface area contributed by atoms with E-state index in [4.69, 9.17) is 0 Å². The number of hydrogen-bond donors (Lipinski definition) is 1. The fraction of sp³-hybridized carbons (Fsp3) is 0.350. The molecule has 1 atom stereocenters. The van der Waals surface area contributed by atoms with Crippen LogP contribution in [0.1, 0.15) is 36.6 Å². The molecule has 0 aliphatic rings. The predicted octanol–water partition coefficient (Wildman–Crippen LogP) is 4.33. The molecule has 0 fully saturated rings. The minimum absolute atomic E-state index is 0.0219. The van der Waals surface area contributed by atoms with Crippen LogP contribution in [0.15, 0.2) is 48.5 Å². The van der Waals surface area contributed by atoms with Crippen LogP contribution in [0.2, 0.25) is 0 Å². The summed E-state index contributed by atoms with van der Waals surface area (Å²) in [5.41, 5.74) is 4.22. The van der Waals surface area contributed by atoms with Crippen molar-refractivity contribution in [2.24, 2.45) is 0 Å². The molecule has 1 amide bonds. The van der Waals surface area contributed by atoms with Gasteiger partial charge in [-0.2, -0.15) is 0 Å². The number of aryl methyl sites for hydroxylation is 1. The zero-order valence-electron chi connectivity index (χ0n) is 14.5. The number of nitrogens with zero attached hydrogens (tertiary/aromatic N) is 1. The molecule has 0 bridgehead atoms. The summed E-state index contributed by atoms with van der Waals surface area (Å²) in [6, 6.07) is 15.7. The third-order valence-electron chi connectivity index (χ3n) is 4.40. The molecule has 23 heavy (non-hydrogen) atoms. The monoisotopic (exact) mass is 310 g/mol. The van der Waals surface area contributed by atoms with Crippen molar-refractivity contribution in [1.29, 1.82) is 0 Å². The van der Waals surface area contributed by atoms with Gasteiger partial charge in [0.1, 0.15) is 6.04 Å². The summed E-state index contributed by atoms with van der Waals surface area (Å²) >= 11 is 0. The summed E-state index contributed by atoms with van der Waals surface area (Å²) in [5, 5.41) is 3.12. The second-order valence-corrected chi connectivity index (χ2v) is 5.77. The van der Waals surface area contributed by atoms with Gasteiger partial charge in [-0.3, -0.25) is 9.69 Å². The predicted molar refractivity (Wildman–Crippen MR) is 96.6 cm³/mol. The molecule has 122 valence electrons. The number of rotatable bonds is 6. The van der Waals surface area contributed by atoms with E-state index in [0.29, 0.717) is 0 Å². The van der Waals surface area contributed by atoms with Crippen LogP contribution < -0.4 is 5.32 Å². The lowest BCUT2D eigenvalue weighted by Gasteiger charge is -2.29. The van der Waals surface area contributed by atoms with Gasteiger partial charge in [-0.15, -0.1) is 0 Å². The van der Waals surface area contributed by atoms with Crippen molar-refractivity contribution < 1.29 is 4.79 Å². The zero-order valence-corrected chi connectivity index (χ0v) is 14.5. The minimum atomic E-state index is -0.272. The van der Waals surface area contributed by atoms with Crippen molar-refractivity contribution in [3.8, 4) is 0 Å². The normalized spacial score (nSPS) is 12.2. The molecule has 0 heterocycles. The summed E-state index contributed by atoms with van der Waals surface area (Å²) in [5.74, 6) is 0.0219. The Morgan fingerprint density at radius 2 is 1.65 bits per heavy atom. The maximum Gasteiger partial charge on any atom is 0.246 e. The molecule has 3 nitrogen and oxygen atoms in total. The third-order valence-corrected chi connectivity index (χ3v) is 4.40. The molecule has 0 saturated carbocycles. The molecule has 0 spiro atoms. The third kappa shape index (κ3) is 3.99. The van der Waals surface area contributed by atoms with Crippen molar-refractivity contribution in [2.75, 3.05) is 18.4 Å². The molecule has 0 aliphatic carbocycles. The number of anilines is 1. The zero-order chi connectivity index (χ0) is 16.8. The van der Waals surface area contributed by atoms with E-state index < -0.39 is 0 Å². The van der Waals surface area contributed by atoms with Crippen LogP contribution in [0.5, 0.6) is 0 Å². The standard InChI is InChI=1S/C20H26N2O/c1-5-22(6-2)19(17-12-8-7-9-13-17)20(23)21-18-14-10-11-15(3)16(18)4/h7-14,19H,5-6H2,1-4H3,(H,21,23). The van der Waals surface area contributed by atoms with Gasteiger partial charge >= 0.3 is 0 Å². The van der Waals surface area contributed by atoms with Crippen LogP contribution >= 0.6 is 0 Å². The first-order chi connectivity index (χ1) is 11.1. The summed E-state index contributed by atoms with van der Waals surface area (Å²) in [6.45, 7) is 9.94. The number of likely N-dealkylation sites (N-methyl/N-ethyl adjacent to an activating group) is 1. The van der Waals surface area contributed by atoms with Crippen molar-refractivity contribution in [3.05, 3.63) is 65.2 Å². The van der Waals surface area contributed by atoms with Crippen molar-refractivity contribution >= 4 is 11.6 Å². The lowest BCUT2D eigenvalue weighted by molar-refractivity contribution is -0.121. The van der Waals surface area contributed by atoms with Gasteiger partial charge in [0.15, 0.2) is 0 Å². The van der Waals surface area contributed by atoms with E-state index in [1.807, 2.05) is 49.4 Å². The molecule has 0 aliphatic heterocycles. The summed E-state index contributed by atoms with van der Waals surface area (Å²) in [6.07, 6.45) is 0. The smallest absolute Gasteiger partial charge is 0.246 e. The Kier molecular flexibility index (Phi) is 5.94. The van der Waals surface area contributed by atoms with E-state index in [-0.39, 0.29) is 11.9 Å². The largest absolute Gasteiger partial charge is 0.324 e. The molecular formula is C20H26N2O. The molecule has 0 radical (unpaired) electrons. The lowest BCUT2D eigenvalue weighted by atomic mass is 10.0. The molecule has 1 unspecified atom stereocenters. The van der Waals surface area contributed by atoms with Gasteiger partial charge in [0, 0.05) is 5.69 Å². The maximum atomic E-state index is 13.0. The van der Waals surface area contributed by atoms with E-state index in [1.54, 1.807) is 0 Å². The summed E-state index contributed by atoms with van der Waals surface area (Å²) in [4.78, 5) is 15.2. The quantitative estimate of drug-likeness (QED) is 0.861. The van der Waals surface area contributed by atoms with Crippen LogP contribution in [0.3, 0.4) is 0 Å². The molecule has 3 heteroatoms. The maximum absolute atomic E-state index is 13.0. The number of benzene rings is 2. The van der Waals surface area contributed by atoms with Crippen LogP contribution in [0, 0.1) is 13.8 Å². The Morgan fingerprint density at radius 3 is 2.26 bits per heavy atom. The highest BCUT2D eigenvalue weighted by molar-refractivity contribution is 5.96. The molecule has 2 rings (SSSR count). The highest BCUT2D eigenvalue weighted by Gasteiger charge is 2.26. The van der Waals surface area contributed by atoms with Crippen LogP contribution in [-0.2, 0) is 4.79 Å². The molecule has 2 aromatic rings. The van der Waals surface area contributed by atoms with E-state index in [0.717, 1.165) is 29.9 Å². The van der Waals surface area contributed by atoms with Gasteiger partial charge in [-0.1, -0.05) is 56.3 Å². The topological polar surface area (TPSA) is 32.3 Å². The average molecular weight is 310 g/mol. The van der Waals surface area contributed by atoms with Gasteiger partial charge in [-0.05, 0) is 49.7 Å². The van der Waals surface area contributed by atoms with Gasteiger partial charge in [0.05, 0.1) is 0 Å². The van der Waals surface area contributed by atoms with E-state index in [9.17, 15) is 4.79 Å². The van der Waals surface area contributed by atoms with E-state index in [2.05, 4.69) is 37.1 Å². The highest BCUT2D eigenvalue weighted by atomic mass is 16.2. The average Bonchev–Trinajstić information content (AvgIpc) is 2.57. The molecule has 1 N–H and O–H groups in total. The molecule has 0 aromatic heterocycles. The van der Waals surface area contributed by atoms with Crippen LogP contribution in [0.4, 0.5) is 5.69 Å². The highest BCUT2D eigenvalue weighted by Crippen LogP contribution is 2.24. The lowest BCUT2D eigenvalue weighted by Crippen LogP contribution is -2.37. The fourth-order valence-electron chi connectivity index (χ4n) is 2.84. The Hall–Kier alpha value is -2.13. The van der Waals surface area contributed by atoms with Gasteiger partial charge < -0.3 is 5.32 Å². The number of carbonyl (C=O) groups excluding carboxylic acids is 1.